The van der Waals surface area contributed by atoms with Gasteiger partial charge in [0.1, 0.15) is 0 Å². The molecular weight excluding hydrogens is 392 g/mol. The fourth-order valence-electron chi connectivity index (χ4n) is 3.60. The minimum atomic E-state index is -0.363. The van der Waals surface area contributed by atoms with Crippen molar-refractivity contribution in [1.29, 1.82) is 0 Å². The van der Waals surface area contributed by atoms with Gasteiger partial charge in [0.25, 0.3) is 11.1 Å². The minimum absolute atomic E-state index is 0.341. The highest BCUT2D eigenvalue weighted by Crippen LogP contribution is 2.27. The third kappa shape index (κ3) is 4.80. The Labute approximate surface area is 172 Å². The van der Waals surface area contributed by atoms with E-state index < -0.39 is 0 Å². The van der Waals surface area contributed by atoms with Gasteiger partial charge in [0, 0.05) is 19.3 Å². The zero-order chi connectivity index (χ0) is 19.3. The molecule has 6 nitrogen and oxygen atoms in total. The maximum atomic E-state index is 11.7. The topological polar surface area (TPSA) is 75.2 Å². The Morgan fingerprint density at radius 3 is 2.82 bits per heavy atom. The lowest BCUT2D eigenvalue weighted by Gasteiger charge is -2.32. The number of nitrogens with one attached hydrogen (secondary N) is 1. The summed E-state index contributed by atoms with van der Waals surface area (Å²) in [6.45, 7) is 1.91. The van der Waals surface area contributed by atoms with Crippen molar-refractivity contribution in [2.75, 3.05) is 18.0 Å². The van der Waals surface area contributed by atoms with Crippen LogP contribution >= 0.6 is 23.1 Å². The standard InChI is InChI=1S/C20H22N4O2S2/c25-18-17(28-20(26)23-18)12-16-4-8-21-19(22-16)24-9-5-14(6-10-24)2-1-3-15-7-11-27-13-15/h4,7-8,11-14H,1-3,5-6,9-10H2,(H,23,25,26)/b17-12-. The van der Waals surface area contributed by atoms with E-state index >= 15 is 0 Å². The number of amides is 2. The number of aryl methyl sites for hydroxylation is 1. The molecule has 0 aromatic carbocycles. The highest BCUT2D eigenvalue weighted by molar-refractivity contribution is 8.18. The van der Waals surface area contributed by atoms with Crippen LogP contribution in [0.25, 0.3) is 6.08 Å². The number of thioether (sulfide) groups is 1. The van der Waals surface area contributed by atoms with Crippen molar-refractivity contribution >= 4 is 46.3 Å². The number of hydrogen-bond donors (Lipinski definition) is 1. The van der Waals surface area contributed by atoms with Crippen molar-refractivity contribution in [3.8, 4) is 0 Å². The molecule has 0 bridgehead atoms. The molecule has 2 aliphatic rings. The molecule has 4 rings (SSSR count). The lowest BCUT2D eigenvalue weighted by atomic mass is 9.91. The molecule has 2 aliphatic heterocycles. The lowest BCUT2D eigenvalue weighted by Crippen LogP contribution is -2.35. The van der Waals surface area contributed by atoms with E-state index in [-0.39, 0.29) is 11.1 Å². The summed E-state index contributed by atoms with van der Waals surface area (Å²) in [6.07, 6.45) is 9.37. The van der Waals surface area contributed by atoms with Crippen molar-refractivity contribution in [3.05, 3.63) is 45.3 Å². The van der Waals surface area contributed by atoms with Crippen LogP contribution in [0.2, 0.25) is 0 Å². The second kappa shape index (κ2) is 8.87. The van der Waals surface area contributed by atoms with Crippen LogP contribution in [0.15, 0.2) is 34.0 Å². The van der Waals surface area contributed by atoms with Gasteiger partial charge < -0.3 is 4.90 Å². The molecule has 1 N–H and O–H groups in total. The maximum absolute atomic E-state index is 11.7. The first-order chi connectivity index (χ1) is 13.7. The van der Waals surface area contributed by atoms with Gasteiger partial charge in [-0.25, -0.2) is 9.97 Å². The predicted molar refractivity (Wildman–Crippen MR) is 113 cm³/mol. The third-order valence-corrected chi connectivity index (χ3v) is 6.68. The van der Waals surface area contributed by atoms with Crippen LogP contribution in [-0.4, -0.2) is 34.2 Å². The first-order valence-electron chi connectivity index (χ1n) is 9.51. The molecule has 2 saturated heterocycles. The van der Waals surface area contributed by atoms with Crippen molar-refractivity contribution < 1.29 is 9.59 Å². The Kier molecular flexibility index (Phi) is 6.07. The minimum Gasteiger partial charge on any atom is -0.341 e. The van der Waals surface area contributed by atoms with Gasteiger partial charge in [-0.1, -0.05) is 0 Å². The lowest BCUT2D eigenvalue weighted by molar-refractivity contribution is -0.115. The second-order valence-corrected chi connectivity index (χ2v) is 8.88. The first kappa shape index (κ1) is 19.1. The summed E-state index contributed by atoms with van der Waals surface area (Å²) in [5, 5.41) is 6.31. The number of imide groups is 1. The van der Waals surface area contributed by atoms with E-state index in [2.05, 4.69) is 37.0 Å². The molecule has 0 aliphatic carbocycles. The molecule has 146 valence electrons. The monoisotopic (exact) mass is 414 g/mol. The first-order valence-corrected chi connectivity index (χ1v) is 11.3. The van der Waals surface area contributed by atoms with E-state index in [0.717, 1.165) is 43.6 Å². The molecule has 0 radical (unpaired) electrons. The molecular formula is C20H22N4O2S2. The van der Waals surface area contributed by atoms with Crippen molar-refractivity contribution in [2.45, 2.75) is 32.1 Å². The summed E-state index contributed by atoms with van der Waals surface area (Å²) in [5.41, 5.74) is 2.10. The Bertz CT molecular complexity index is 874. The van der Waals surface area contributed by atoms with E-state index in [9.17, 15) is 9.59 Å². The van der Waals surface area contributed by atoms with Crippen LogP contribution in [0.1, 0.15) is 36.9 Å². The van der Waals surface area contributed by atoms with Crippen LogP contribution in [0.5, 0.6) is 0 Å². The number of anilines is 1. The van der Waals surface area contributed by atoms with Crippen LogP contribution < -0.4 is 10.2 Å². The second-order valence-electron chi connectivity index (χ2n) is 7.09. The summed E-state index contributed by atoms with van der Waals surface area (Å²) in [7, 11) is 0. The van der Waals surface area contributed by atoms with E-state index in [4.69, 9.17) is 0 Å². The van der Waals surface area contributed by atoms with Crippen molar-refractivity contribution in [2.24, 2.45) is 5.92 Å². The third-order valence-electron chi connectivity index (χ3n) is 5.14. The molecule has 2 fully saturated rings. The molecule has 4 heterocycles. The van der Waals surface area contributed by atoms with Crippen LogP contribution in [0.4, 0.5) is 10.7 Å². The predicted octanol–water partition coefficient (Wildman–Crippen LogP) is 4.10. The molecule has 2 amide bonds. The number of carbonyl (C=O) groups is 2. The summed E-state index contributed by atoms with van der Waals surface area (Å²) in [5.74, 6) is 1.10. The summed E-state index contributed by atoms with van der Waals surface area (Å²) in [6, 6.07) is 3.97. The Balaban J connectivity index is 1.30. The Hall–Kier alpha value is -2.19. The van der Waals surface area contributed by atoms with Crippen LogP contribution in [-0.2, 0) is 11.2 Å². The van der Waals surface area contributed by atoms with Gasteiger partial charge in [0.15, 0.2) is 0 Å². The average Bonchev–Trinajstić information content (AvgIpc) is 3.32. The van der Waals surface area contributed by atoms with Gasteiger partial charge in [-0.2, -0.15) is 11.3 Å². The van der Waals surface area contributed by atoms with Crippen LogP contribution in [0, 0.1) is 5.92 Å². The van der Waals surface area contributed by atoms with Gasteiger partial charge in [-0.3, -0.25) is 14.9 Å². The normalized spacial score (nSPS) is 19.4. The number of aromatic nitrogens is 2. The number of thiophene rings is 1. The van der Waals surface area contributed by atoms with Gasteiger partial charge in [-0.15, -0.1) is 0 Å². The Morgan fingerprint density at radius 2 is 2.11 bits per heavy atom. The fourth-order valence-corrected chi connectivity index (χ4v) is 4.97. The van der Waals surface area contributed by atoms with Gasteiger partial charge >= 0.3 is 0 Å². The van der Waals surface area contributed by atoms with Gasteiger partial charge in [0.05, 0.1) is 10.6 Å². The molecule has 0 unspecified atom stereocenters. The fraction of sp³-hybridized carbons (Fsp3) is 0.400. The van der Waals surface area contributed by atoms with E-state index in [1.807, 2.05) is 0 Å². The molecule has 0 atom stereocenters. The molecule has 0 spiro atoms. The van der Waals surface area contributed by atoms with Gasteiger partial charge in [-0.05, 0) is 84.3 Å². The maximum Gasteiger partial charge on any atom is 0.290 e. The molecule has 0 saturated carbocycles. The van der Waals surface area contributed by atoms with Crippen molar-refractivity contribution in [1.82, 2.24) is 15.3 Å². The van der Waals surface area contributed by atoms with E-state index in [1.54, 1.807) is 29.7 Å². The highest BCUT2D eigenvalue weighted by Gasteiger charge is 2.25. The smallest absolute Gasteiger partial charge is 0.290 e. The zero-order valence-corrected chi connectivity index (χ0v) is 17.1. The number of nitrogens with zero attached hydrogens (tertiary/aromatic N) is 3. The molecule has 28 heavy (non-hydrogen) atoms. The van der Waals surface area contributed by atoms with Crippen LogP contribution in [0.3, 0.4) is 0 Å². The summed E-state index contributed by atoms with van der Waals surface area (Å²) in [4.78, 5) is 34.6. The zero-order valence-electron chi connectivity index (χ0n) is 15.5. The number of carbonyl (C=O) groups excluding carboxylic acids is 2. The number of piperidine rings is 1. The summed E-state index contributed by atoms with van der Waals surface area (Å²) < 4.78 is 0. The number of rotatable bonds is 6. The van der Waals surface area contributed by atoms with Gasteiger partial charge in [0.2, 0.25) is 5.95 Å². The molecule has 8 heteroatoms. The van der Waals surface area contributed by atoms with E-state index in [1.165, 1.54) is 24.8 Å². The average molecular weight is 415 g/mol. The Morgan fingerprint density at radius 1 is 1.25 bits per heavy atom. The molecule has 2 aromatic heterocycles. The molecule has 2 aromatic rings. The van der Waals surface area contributed by atoms with E-state index in [0.29, 0.717) is 16.5 Å². The quantitative estimate of drug-likeness (QED) is 0.717. The SMILES string of the molecule is O=C1NC(=O)/C(=C/c2ccnc(N3CCC(CCCc4ccsc4)CC3)n2)S1. The number of hydrogen-bond acceptors (Lipinski definition) is 7. The van der Waals surface area contributed by atoms with Crippen molar-refractivity contribution in [3.63, 3.8) is 0 Å². The highest BCUT2D eigenvalue weighted by atomic mass is 32.2. The largest absolute Gasteiger partial charge is 0.341 e. The summed E-state index contributed by atoms with van der Waals surface area (Å²) >= 11 is 2.67.